The third-order valence-electron chi connectivity index (χ3n) is 2.92. The molecule has 5 nitrogen and oxygen atoms in total. The van der Waals surface area contributed by atoms with Gasteiger partial charge in [-0.2, -0.15) is 4.31 Å². The summed E-state index contributed by atoms with van der Waals surface area (Å²) in [6.07, 6.45) is 0. The standard InChI is InChI=1S/C14H15FN2O3S2/c1-10-5-6-12(11(15)8-10)16-13(18)9-17(2)22(19,20)14-4-3-7-21-14/h3-8H,9H2,1-2H3,(H,16,18). The fourth-order valence-corrected chi connectivity index (χ4v) is 4.09. The number of halogens is 1. The van der Waals surface area contributed by atoms with Crippen molar-refractivity contribution in [2.75, 3.05) is 18.9 Å². The fourth-order valence-electron chi connectivity index (χ4n) is 1.76. The van der Waals surface area contributed by atoms with Gasteiger partial charge in [0.15, 0.2) is 0 Å². The number of hydrogen-bond acceptors (Lipinski definition) is 4. The predicted molar refractivity (Wildman–Crippen MR) is 83.9 cm³/mol. The SMILES string of the molecule is Cc1ccc(NC(=O)CN(C)S(=O)(=O)c2cccs2)c(F)c1. The molecule has 0 bridgehead atoms. The molecule has 0 aliphatic heterocycles. The lowest BCUT2D eigenvalue weighted by atomic mass is 10.2. The first-order chi connectivity index (χ1) is 10.3. The highest BCUT2D eigenvalue weighted by Gasteiger charge is 2.24. The molecule has 0 saturated heterocycles. The maximum Gasteiger partial charge on any atom is 0.252 e. The number of nitrogens with one attached hydrogen (secondary N) is 1. The summed E-state index contributed by atoms with van der Waals surface area (Å²) < 4.78 is 39.1. The van der Waals surface area contributed by atoms with Crippen LogP contribution in [0.1, 0.15) is 5.56 Å². The van der Waals surface area contributed by atoms with Crippen LogP contribution in [-0.4, -0.2) is 32.2 Å². The number of carbonyl (C=O) groups is 1. The van der Waals surface area contributed by atoms with Crippen molar-refractivity contribution in [3.8, 4) is 0 Å². The smallest absolute Gasteiger partial charge is 0.252 e. The van der Waals surface area contributed by atoms with Gasteiger partial charge < -0.3 is 5.32 Å². The molecule has 0 radical (unpaired) electrons. The molecule has 1 aromatic carbocycles. The number of likely N-dealkylation sites (N-methyl/N-ethyl adjacent to an activating group) is 1. The lowest BCUT2D eigenvalue weighted by Crippen LogP contribution is -2.34. The summed E-state index contributed by atoms with van der Waals surface area (Å²) in [6.45, 7) is 1.34. The van der Waals surface area contributed by atoms with Crippen molar-refractivity contribution in [1.29, 1.82) is 0 Å². The van der Waals surface area contributed by atoms with E-state index < -0.39 is 28.3 Å². The van der Waals surface area contributed by atoms with Gasteiger partial charge in [0.25, 0.3) is 10.0 Å². The maximum absolute atomic E-state index is 13.7. The molecule has 1 aromatic heterocycles. The largest absolute Gasteiger partial charge is 0.322 e. The average Bonchev–Trinajstić information content (AvgIpc) is 2.96. The van der Waals surface area contributed by atoms with Crippen LogP contribution in [0.5, 0.6) is 0 Å². The molecule has 1 amide bonds. The predicted octanol–water partition coefficient (Wildman–Crippen LogP) is 2.45. The van der Waals surface area contributed by atoms with Gasteiger partial charge >= 0.3 is 0 Å². The van der Waals surface area contributed by atoms with E-state index in [0.717, 1.165) is 21.2 Å². The Bertz CT molecular complexity index is 773. The second-order valence-electron chi connectivity index (χ2n) is 4.72. The maximum atomic E-state index is 13.7. The van der Waals surface area contributed by atoms with Crippen molar-refractivity contribution in [1.82, 2.24) is 4.31 Å². The van der Waals surface area contributed by atoms with Crippen LogP contribution in [0, 0.1) is 12.7 Å². The van der Waals surface area contributed by atoms with Gasteiger partial charge in [0.1, 0.15) is 10.0 Å². The van der Waals surface area contributed by atoms with E-state index in [-0.39, 0.29) is 9.90 Å². The number of thiophene rings is 1. The van der Waals surface area contributed by atoms with Crippen LogP contribution in [0.15, 0.2) is 39.9 Å². The zero-order chi connectivity index (χ0) is 16.3. The molecule has 8 heteroatoms. The van der Waals surface area contributed by atoms with E-state index >= 15 is 0 Å². The second-order valence-corrected chi connectivity index (χ2v) is 7.94. The van der Waals surface area contributed by atoms with E-state index in [1.807, 2.05) is 0 Å². The van der Waals surface area contributed by atoms with E-state index in [1.165, 1.54) is 25.2 Å². The number of sulfonamides is 1. The van der Waals surface area contributed by atoms with E-state index in [0.29, 0.717) is 0 Å². The Kier molecular flexibility index (Phi) is 4.94. The Labute approximate surface area is 132 Å². The number of amides is 1. The van der Waals surface area contributed by atoms with E-state index in [2.05, 4.69) is 5.32 Å². The third-order valence-corrected chi connectivity index (χ3v) is 6.10. The molecule has 2 rings (SSSR count). The lowest BCUT2D eigenvalue weighted by molar-refractivity contribution is -0.116. The first-order valence-electron chi connectivity index (χ1n) is 6.36. The number of nitrogens with zero attached hydrogens (tertiary/aromatic N) is 1. The third kappa shape index (κ3) is 3.70. The lowest BCUT2D eigenvalue weighted by Gasteiger charge is -2.16. The average molecular weight is 342 g/mol. The van der Waals surface area contributed by atoms with Crippen LogP contribution in [0.3, 0.4) is 0 Å². The Morgan fingerprint density at radius 2 is 2.09 bits per heavy atom. The Balaban J connectivity index is 2.06. The molecule has 118 valence electrons. The van der Waals surface area contributed by atoms with Gasteiger partial charge in [-0.1, -0.05) is 12.1 Å². The molecular weight excluding hydrogens is 327 g/mol. The number of aryl methyl sites for hydroxylation is 1. The highest BCUT2D eigenvalue weighted by molar-refractivity contribution is 7.91. The molecule has 0 saturated carbocycles. The monoisotopic (exact) mass is 342 g/mol. The van der Waals surface area contributed by atoms with Crippen molar-refractivity contribution in [2.24, 2.45) is 0 Å². The molecule has 22 heavy (non-hydrogen) atoms. The summed E-state index contributed by atoms with van der Waals surface area (Å²) in [6, 6.07) is 7.48. The number of carbonyl (C=O) groups excluding carboxylic acids is 1. The minimum absolute atomic E-state index is 0.0255. The van der Waals surface area contributed by atoms with Gasteiger partial charge in [-0.15, -0.1) is 11.3 Å². The molecule has 1 N–H and O–H groups in total. The minimum atomic E-state index is -3.70. The van der Waals surface area contributed by atoms with Gasteiger partial charge in [0.05, 0.1) is 12.2 Å². The Hall–Kier alpha value is -1.77. The van der Waals surface area contributed by atoms with Gasteiger partial charge in [-0.3, -0.25) is 4.79 Å². The number of rotatable bonds is 5. The van der Waals surface area contributed by atoms with Gasteiger partial charge in [0, 0.05) is 7.05 Å². The first-order valence-corrected chi connectivity index (χ1v) is 8.68. The minimum Gasteiger partial charge on any atom is -0.322 e. The van der Waals surface area contributed by atoms with Crippen LogP contribution in [-0.2, 0) is 14.8 Å². The van der Waals surface area contributed by atoms with Gasteiger partial charge in [-0.05, 0) is 36.1 Å². The number of benzene rings is 1. The molecule has 0 atom stereocenters. The van der Waals surface area contributed by atoms with Crippen LogP contribution < -0.4 is 5.32 Å². The zero-order valence-corrected chi connectivity index (χ0v) is 13.7. The summed E-state index contributed by atoms with van der Waals surface area (Å²) >= 11 is 1.07. The van der Waals surface area contributed by atoms with Gasteiger partial charge in [0.2, 0.25) is 5.91 Å². The normalized spacial score (nSPS) is 11.6. The number of anilines is 1. The van der Waals surface area contributed by atoms with Crippen molar-refractivity contribution >= 4 is 33.0 Å². The van der Waals surface area contributed by atoms with Gasteiger partial charge in [-0.25, -0.2) is 12.8 Å². The highest BCUT2D eigenvalue weighted by Crippen LogP contribution is 2.20. The van der Waals surface area contributed by atoms with E-state index in [9.17, 15) is 17.6 Å². The summed E-state index contributed by atoms with van der Waals surface area (Å²) in [5.41, 5.74) is 0.755. The van der Waals surface area contributed by atoms with Crippen LogP contribution >= 0.6 is 11.3 Å². The summed E-state index contributed by atoms with van der Waals surface area (Å²) in [4.78, 5) is 11.9. The summed E-state index contributed by atoms with van der Waals surface area (Å²) in [5.74, 6) is -1.16. The second kappa shape index (κ2) is 6.55. The highest BCUT2D eigenvalue weighted by atomic mass is 32.2. The molecule has 0 aliphatic carbocycles. The summed E-state index contributed by atoms with van der Waals surface area (Å²) in [7, 11) is -2.40. The molecule has 0 aliphatic rings. The molecule has 0 spiro atoms. The van der Waals surface area contributed by atoms with Crippen LogP contribution in [0.25, 0.3) is 0 Å². The molecular formula is C14H15FN2O3S2. The molecule has 0 unspecified atom stereocenters. The number of hydrogen-bond donors (Lipinski definition) is 1. The van der Waals surface area contributed by atoms with E-state index in [1.54, 1.807) is 24.4 Å². The first kappa shape index (κ1) is 16.6. The van der Waals surface area contributed by atoms with E-state index in [4.69, 9.17) is 0 Å². The fraction of sp³-hybridized carbons (Fsp3) is 0.214. The Morgan fingerprint density at radius 3 is 2.68 bits per heavy atom. The quantitative estimate of drug-likeness (QED) is 0.908. The molecule has 2 aromatic rings. The van der Waals surface area contributed by atoms with Crippen molar-refractivity contribution in [2.45, 2.75) is 11.1 Å². The topological polar surface area (TPSA) is 66.5 Å². The zero-order valence-electron chi connectivity index (χ0n) is 12.0. The van der Waals surface area contributed by atoms with Crippen LogP contribution in [0.4, 0.5) is 10.1 Å². The van der Waals surface area contributed by atoms with Crippen molar-refractivity contribution in [3.05, 3.63) is 47.1 Å². The molecule has 0 fully saturated rings. The Morgan fingerprint density at radius 1 is 1.36 bits per heavy atom. The van der Waals surface area contributed by atoms with Crippen molar-refractivity contribution in [3.63, 3.8) is 0 Å². The van der Waals surface area contributed by atoms with Crippen LogP contribution in [0.2, 0.25) is 0 Å². The summed E-state index contributed by atoms with van der Waals surface area (Å²) in [5, 5.41) is 4.01. The van der Waals surface area contributed by atoms with Crippen molar-refractivity contribution < 1.29 is 17.6 Å². The molecule has 1 heterocycles.